The van der Waals surface area contributed by atoms with Crippen LogP contribution in [0.1, 0.15) is 34.7 Å². The van der Waals surface area contributed by atoms with Crippen LogP contribution in [-0.4, -0.2) is 92.2 Å². The molecule has 0 fully saturated rings. The Labute approximate surface area is 304 Å². The quantitative estimate of drug-likeness (QED) is 0.170. The zero-order valence-electron chi connectivity index (χ0n) is 29.1. The second kappa shape index (κ2) is 16.6. The van der Waals surface area contributed by atoms with Crippen molar-refractivity contribution >= 4 is 23.6 Å². The molecular weight excluding hydrogens is 682 g/mol. The van der Waals surface area contributed by atoms with Crippen molar-refractivity contribution in [3.63, 3.8) is 0 Å². The van der Waals surface area contributed by atoms with Crippen molar-refractivity contribution in [2.75, 3.05) is 26.9 Å². The first kappa shape index (κ1) is 36.2. The van der Waals surface area contributed by atoms with E-state index in [1.54, 1.807) is 43.3 Å². The van der Waals surface area contributed by atoms with Crippen molar-refractivity contribution in [2.24, 2.45) is 0 Å². The highest BCUT2D eigenvalue weighted by molar-refractivity contribution is 5.98. The number of carbonyl (C=O) groups excluding carboxylic acids is 4. The highest BCUT2D eigenvalue weighted by atomic mass is 16.5. The fraction of sp³-hybridized carbons (Fsp3) is 0.270. The third-order valence-electron chi connectivity index (χ3n) is 8.44. The normalized spacial score (nSPS) is 18.5. The van der Waals surface area contributed by atoms with E-state index in [-0.39, 0.29) is 43.4 Å². The van der Waals surface area contributed by atoms with E-state index in [9.17, 15) is 24.3 Å². The minimum absolute atomic E-state index is 0.0378. The summed E-state index contributed by atoms with van der Waals surface area (Å²) in [5.41, 5.74) is 2.17. The SMILES string of the molecule is COc1ccccc1-n1cc(C(=O)N[C@H]2Cc3ccc(cc3)OCCNC(=O)Cn3nc(-c4ccccc4)nc3[C@H](C)NC(=O)[C@H](CO)NC2=O)cn1. The molecule has 0 aliphatic carbocycles. The lowest BCUT2D eigenvalue weighted by Gasteiger charge is -2.23. The van der Waals surface area contributed by atoms with Gasteiger partial charge in [0, 0.05) is 18.2 Å². The monoisotopic (exact) mass is 721 g/mol. The first-order chi connectivity index (χ1) is 25.7. The van der Waals surface area contributed by atoms with Crippen molar-refractivity contribution in [2.45, 2.75) is 38.0 Å². The molecule has 4 heterocycles. The van der Waals surface area contributed by atoms with Gasteiger partial charge in [0.05, 0.1) is 38.1 Å². The number of hydrogen-bond acceptors (Lipinski definition) is 10. The number of ether oxygens (including phenoxy) is 2. The molecule has 2 aliphatic heterocycles. The summed E-state index contributed by atoms with van der Waals surface area (Å²) in [7, 11) is 1.53. The average molecular weight is 722 g/mol. The number of fused-ring (bicyclic) bond motifs is 14. The minimum atomic E-state index is -1.40. The largest absolute Gasteiger partial charge is 0.494 e. The van der Waals surface area contributed by atoms with Crippen LogP contribution in [0.5, 0.6) is 11.5 Å². The van der Waals surface area contributed by atoms with E-state index in [0.29, 0.717) is 34.1 Å². The van der Waals surface area contributed by atoms with Gasteiger partial charge in [0.1, 0.15) is 48.2 Å². The molecule has 3 aromatic carbocycles. The summed E-state index contributed by atoms with van der Waals surface area (Å²) in [6.45, 7) is 1.11. The number of hydrogen-bond donors (Lipinski definition) is 5. The number of nitrogens with zero attached hydrogens (tertiary/aromatic N) is 5. The number of amides is 4. The number of aliphatic hydroxyl groups excluding tert-OH is 1. The van der Waals surface area contributed by atoms with Crippen LogP contribution in [0.4, 0.5) is 0 Å². The van der Waals surface area contributed by atoms with Crippen LogP contribution in [0.2, 0.25) is 0 Å². The predicted molar refractivity (Wildman–Crippen MR) is 191 cm³/mol. The molecule has 2 bridgehead atoms. The Morgan fingerprint density at radius 1 is 1.00 bits per heavy atom. The molecular formula is C37H39N9O7. The maximum atomic E-state index is 13.8. The summed E-state index contributed by atoms with van der Waals surface area (Å²) in [4.78, 5) is 58.4. The lowest BCUT2D eigenvalue weighted by molar-refractivity contribution is -0.131. The lowest BCUT2D eigenvalue weighted by Crippen LogP contribution is -2.55. The first-order valence-corrected chi connectivity index (χ1v) is 16.9. The van der Waals surface area contributed by atoms with Crippen LogP contribution < -0.4 is 30.7 Å². The smallest absolute Gasteiger partial charge is 0.255 e. The molecule has 16 heteroatoms. The van der Waals surface area contributed by atoms with Crippen molar-refractivity contribution in [1.82, 2.24) is 45.8 Å². The van der Waals surface area contributed by atoms with Gasteiger partial charge < -0.3 is 35.8 Å². The molecule has 5 aromatic rings. The van der Waals surface area contributed by atoms with Gasteiger partial charge in [-0.1, -0.05) is 54.6 Å². The summed E-state index contributed by atoms with van der Waals surface area (Å²) in [5, 5.41) is 30.0. The Kier molecular flexibility index (Phi) is 11.4. The van der Waals surface area contributed by atoms with E-state index in [0.717, 1.165) is 0 Å². The Morgan fingerprint density at radius 2 is 1.75 bits per heavy atom. The van der Waals surface area contributed by atoms with E-state index in [2.05, 4.69) is 36.4 Å². The van der Waals surface area contributed by atoms with Gasteiger partial charge in [-0.05, 0) is 36.8 Å². The maximum absolute atomic E-state index is 13.8. The van der Waals surface area contributed by atoms with Gasteiger partial charge in [-0.3, -0.25) is 19.2 Å². The summed E-state index contributed by atoms with van der Waals surface area (Å²) < 4.78 is 14.1. The molecule has 0 saturated carbocycles. The van der Waals surface area contributed by atoms with Crippen LogP contribution in [-0.2, 0) is 27.3 Å². The van der Waals surface area contributed by atoms with Gasteiger partial charge in [-0.25, -0.2) is 14.3 Å². The van der Waals surface area contributed by atoms with Gasteiger partial charge in [0.2, 0.25) is 17.7 Å². The molecule has 0 unspecified atom stereocenters. The van der Waals surface area contributed by atoms with Crippen LogP contribution in [0, 0.1) is 0 Å². The number of aliphatic hydroxyl groups is 1. The average Bonchev–Trinajstić information content (AvgIpc) is 3.84. The minimum Gasteiger partial charge on any atom is -0.494 e. The molecule has 274 valence electrons. The van der Waals surface area contributed by atoms with Crippen molar-refractivity contribution in [3.05, 3.63) is 108 Å². The summed E-state index contributed by atoms with van der Waals surface area (Å²) in [6.07, 6.45) is 2.92. The molecule has 0 spiro atoms. The van der Waals surface area contributed by atoms with Crippen molar-refractivity contribution < 1.29 is 33.8 Å². The Hall–Kier alpha value is -6.55. The van der Waals surface area contributed by atoms with E-state index >= 15 is 0 Å². The molecule has 7 rings (SSSR count). The zero-order valence-corrected chi connectivity index (χ0v) is 29.1. The maximum Gasteiger partial charge on any atom is 0.255 e. The molecule has 53 heavy (non-hydrogen) atoms. The number of aromatic nitrogens is 5. The predicted octanol–water partition coefficient (Wildman–Crippen LogP) is 1.34. The third kappa shape index (κ3) is 8.85. The Balaban J connectivity index is 1.26. The fourth-order valence-electron chi connectivity index (χ4n) is 5.70. The number of methoxy groups -OCH3 is 1. The third-order valence-corrected chi connectivity index (χ3v) is 8.44. The summed E-state index contributed by atoms with van der Waals surface area (Å²) in [5.74, 6) is -0.654. The van der Waals surface area contributed by atoms with Crippen LogP contribution in [0.3, 0.4) is 0 Å². The second-order valence-electron chi connectivity index (χ2n) is 12.2. The molecule has 16 nitrogen and oxygen atoms in total. The molecule has 2 aliphatic rings. The summed E-state index contributed by atoms with van der Waals surface area (Å²) in [6, 6.07) is 19.9. The van der Waals surface area contributed by atoms with Gasteiger partial charge in [0.25, 0.3) is 5.91 Å². The van der Waals surface area contributed by atoms with Gasteiger partial charge in [-0.15, -0.1) is 0 Å². The van der Waals surface area contributed by atoms with E-state index in [1.165, 1.54) is 28.9 Å². The molecule has 0 saturated heterocycles. The molecule has 5 N–H and O–H groups in total. The number of nitrogens with one attached hydrogen (secondary N) is 4. The Bertz CT molecular complexity index is 2060. The lowest BCUT2D eigenvalue weighted by atomic mass is 10.0. The molecule has 4 amide bonds. The fourth-order valence-corrected chi connectivity index (χ4v) is 5.70. The van der Waals surface area contributed by atoms with Crippen LogP contribution in [0.15, 0.2) is 91.3 Å². The van der Waals surface area contributed by atoms with Gasteiger partial charge in [-0.2, -0.15) is 10.2 Å². The zero-order chi connectivity index (χ0) is 37.3. The van der Waals surface area contributed by atoms with Gasteiger partial charge >= 0.3 is 0 Å². The number of benzene rings is 3. The van der Waals surface area contributed by atoms with E-state index in [4.69, 9.17) is 9.47 Å². The van der Waals surface area contributed by atoms with Crippen LogP contribution in [0.25, 0.3) is 17.1 Å². The number of carbonyl (C=O) groups is 4. The van der Waals surface area contributed by atoms with E-state index < -0.39 is 42.5 Å². The number of rotatable bonds is 6. The second-order valence-corrected chi connectivity index (χ2v) is 12.2. The molecule has 3 atom stereocenters. The van der Waals surface area contributed by atoms with E-state index in [1.807, 2.05) is 42.5 Å². The van der Waals surface area contributed by atoms with Crippen molar-refractivity contribution in [3.8, 4) is 28.6 Å². The first-order valence-electron chi connectivity index (χ1n) is 16.9. The van der Waals surface area contributed by atoms with Crippen molar-refractivity contribution in [1.29, 1.82) is 0 Å². The standard InChI is InChI=1S/C37H39N9O7/c1-23-34-43-33(25-8-4-3-5-9-25)44-46(34)21-32(48)38-16-17-53-27-14-12-24(13-15-27)18-28(36(50)42-29(22-47)37(51)40-23)41-35(49)26-19-39-45(20-26)30-10-6-7-11-31(30)52-2/h3-15,19-20,23,28-29,47H,16-18,21-22H2,1-2H3,(H,38,48)(H,40,51)(H,41,49)(H,42,50)/t23-,28-,29-/m0/s1. The summed E-state index contributed by atoms with van der Waals surface area (Å²) >= 11 is 0. The molecule has 2 aromatic heterocycles. The highest BCUT2D eigenvalue weighted by Gasteiger charge is 2.30. The van der Waals surface area contributed by atoms with Gasteiger partial charge in [0.15, 0.2) is 5.82 Å². The Morgan fingerprint density at radius 3 is 2.51 bits per heavy atom. The highest BCUT2D eigenvalue weighted by Crippen LogP contribution is 2.22. The topological polar surface area (TPSA) is 204 Å². The molecule has 0 radical (unpaired) electrons. The van der Waals surface area contributed by atoms with Crippen LogP contribution >= 0.6 is 0 Å². The number of para-hydroxylation sites is 2.